The second-order valence-corrected chi connectivity index (χ2v) is 8.40. The van der Waals surface area contributed by atoms with E-state index in [1.165, 1.54) is 28.1 Å². The number of ether oxygens (including phenoxy) is 1. The normalized spacial score (nSPS) is 11.2. The van der Waals surface area contributed by atoms with Gasteiger partial charge in [-0.25, -0.2) is 4.98 Å². The molecule has 5 rings (SSSR count). The van der Waals surface area contributed by atoms with Crippen LogP contribution in [0, 0.1) is 0 Å². The van der Waals surface area contributed by atoms with Crippen LogP contribution in [0.1, 0.15) is 0 Å². The fourth-order valence-corrected chi connectivity index (χ4v) is 4.54. The second kappa shape index (κ2) is 8.68. The van der Waals surface area contributed by atoms with Crippen molar-refractivity contribution in [2.24, 2.45) is 0 Å². The summed E-state index contributed by atoms with van der Waals surface area (Å²) < 4.78 is 8.19. The summed E-state index contributed by atoms with van der Waals surface area (Å²) in [5.74, 6) is 0.615. The molecule has 2 heterocycles. The summed E-state index contributed by atoms with van der Waals surface area (Å²) in [5, 5.41) is 9.86. The van der Waals surface area contributed by atoms with Crippen molar-refractivity contribution in [3.63, 3.8) is 0 Å². The highest BCUT2D eigenvalue weighted by Crippen LogP contribution is 2.28. The van der Waals surface area contributed by atoms with Gasteiger partial charge in [-0.2, -0.15) is 4.68 Å². The van der Waals surface area contributed by atoms with Crippen LogP contribution in [0.2, 0.25) is 5.02 Å². The Kier molecular flexibility index (Phi) is 5.57. The zero-order valence-electron chi connectivity index (χ0n) is 17.3. The van der Waals surface area contributed by atoms with Crippen LogP contribution >= 0.6 is 23.4 Å². The molecule has 0 aliphatic heterocycles. The summed E-state index contributed by atoms with van der Waals surface area (Å²) in [5.41, 5.74) is 0.962. The van der Waals surface area contributed by atoms with E-state index >= 15 is 0 Å². The fourth-order valence-electron chi connectivity index (χ4n) is 3.49. The van der Waals surface area contributed by atoms with E-state index < -0.39 is 0 Å². The van der Waals surface area contributed by atoms with Crippen LogP contribution in [0.4, 0.5) is 0 Å². The topological polar surface area (TPSA) is 91.9 Å². The molecular weight excluding hydrogens is 462 g/mol. The summed E-state index contributed by atoms with van der Waals surface area (Å²) in [7, 11) is 1.54. The van der Waals surface area contributed by atoms with Crippen LogP contribution in [0.15, 0.2) is 81.5 Å². The highest BCUT2D eigenvalue weighted by atomic mass is 35.5. The van der Waals surface area contributed by atoms with Crippen LogP contribution in [0.5, 0.6) is 5.75 Å². The van der Waals surface area contributed by atoms with Crippen LogP contribution in [-0.4, -0.2) is 31.7 Å². The molecule has 0 N–H and O–H groups in total. The first kappa shape index (κ1) is 21.2. The molecule has 5 aromatic rings. The molecule has 0 radical (unpaired) electrons. The highest BCUT2D eigenvalue weighted by Gasteiger charge is 2.17. The molecule has 0 atom stereocenters. The summed E-state index contributed by atoms with van der Waals surface area (Å²) in [6, 6.07) is 19.1. The van der Waals surface area contributed by atoms with Crippen LogP contribution in [-0.2, 0) is 5.88 Å². The Morgan fingerprint density at radius 1 is 0.939 bits per heavy atom. The predicted molar refractivity (Wildman–Crippen MR) is 129 cm³/mol. The number of thioether (sulfide) groups is 1. The maximum absolute atomic E-state index is 13.5. The molecule has 0 fully saturated rings. The van der Waals surface area contributed by atoms with E-state index in [0.717, 1.165) is 0 Å². The number of hydrogen-bond donors (Lipinski definition) is 0. The van der Waals surface area contributed by atoms with Gasteiger partial charge in [-0.1, -0.05) is 52.8 Å². The van der Waals surface area contributed by atoms with Gasteiger partial charge in [0.2, 0.25) is 0 Å². The minimum atomic E-state index is -0.277. The molecule has 2 aromatic heterocycles. The molecule has 3 aromatic carbocycles. The van der Waals surface area contributed by atoms with Crippen LogP contribution in [0.3, 0.4) is 0 Å². The first-order valence-corrected chi connectivity index (χ1v) is 11.2. The van der Waals surface area contributed by atoms with Gasteiger partial charge in [-0.3, -0.25) is 14.2 Å². The van der Waals surface area contributed by atoms with Gasteiger partial charge in [0.1, 0.15) is 11.3 Å². The number of hydrogen-bond acceptors (Lipinski definition) is 7. The summed E-state index contributed by atoms with van der Waals surface area (Å²) >= 11 is 7.32. The zero-order chi connectivity index (χ0) is 22.9. The largest absolute Gasteiger partial charge is 0.495 e. The second-order valence-electron chi connectivity index (χ2n) is 7.05. The molecule has 164 valence electrons. The third-order valence-electron chi connectivity index (χ3n) is 5.07. The number of rotatable bonds is 5. The number of aromatic nitrogens is 5. The number of para-hydroxylation sites is 2. The lowest BCUT2D eigenvalue weighted by atomic mass is 10.2. The number of fused-ring (bicyclic) bond motifs is 2. The molecule has 0 saturated heterocycles. The maximum atomic E-state index is 13.5. The summed E-state index contributed by atoms with van der Waals surface area (Å²) in [4.78, 5) is 31.0. The minimum absolute atomic E-state index is 0.102. The number of methoxy groups -OCH3 is 1. The zero-order valence-corrected chi connectivity index (χ0v) is 18.9. The van der Waals surface area contributed by atoms with Crippen LogP contribution < -0.4 is 15.9 Å². The lowest BCUT2D eigenvalue weighted by Crippen LogP contribution is -2.25. The van der Waals surface area contributed by atoms with E-state index in [9.17, 15) is 9.59 Å². The van der Waals surface area contributed by atoms with E-state index in [2.05, 4.69) is 15.3 Å². The molecule has 0 amide bonds. The molecule has 33 heavy (non-hydrogen) atoms. The van der Waals surface area contributed by atoms with Crippen molar-refractivity contribution in [2.45, 2.75) is 11.0 Å². The van der Waals surface area contributed by atoms with E-state index in [4.69, 9.17) is 16.3 Å². The SMILES string of the molecule is COc1ccccc1-n1c(SCn2nnc3ccccc3c2=O)nc2cc(Cl)ccc2c1=O. The lowest BCUT2D eigenvalue weighted by Gasteiger charge is -2.16. The van der Waals surface area contributed by atoms with E-state index in [1.807, 2.05) is 12.1 Å². The Labute approximate surface area is 196 Å². The van der Waals surface area contributed by atoms with Crippen molar-refractivity contribution in [3.05, 3.63) is 92.5 Å². The molecular formula is C23H16ClN5O3S. The van der Waals surface area contributed by atoms with E-state index in [1.54, 1.807) is 54.6 Å². The van der Waals surface area contributed by atoms with E-state index in [-0.39, 0.29) is 17.0 Å². The fraction of sp³-hybridized carbons (Fsp3) is 0.0870. The summed E-state index contributed by atoms with van der Waals surface area (Å²) in [6.07, 6.45) is 0. The molecule has 0 aliphatic carbocycles. The first-order chi connectivity index (χ1) is 16.1. The predicted octanol–water partition coefficient (Wildman–Crippen LogP) is 3.90. The Bertz CT molecular complexity index is 1630. The van der Waals surface area contributed by atoms with Gasteiger partial charge < -0.3 is 4.74 Å². The van der Waals surface area contributed by atoms with Gasteiger partial charge in [0, 0.05) is 5.02 Å². The average molecular weight is 478 g/mol. The average Bonchev–Trinajstić information content (AvgIpc) is 2.84. The number of halogens is 1. The van der Waals surface area contributed by atoms with Crippen molar-refractivity contribution in [1.29, 1.82) is 0 Å². The van der Waals surface area contributed by atoms with Gasteiger partial charge in [0.25, 0.3) is 11.1 Å². The molecule has 0 unspecified atom stereocenters. The quantitative estimate of drug-likeness (QED) is 0.280. The van der Waals surface area contributed by atoms with Gasteiger partial charge in [0.05, 0.1) is 35.0 Å². The molecule has 0 spiro atoms. The van der Waals surface area contributed by atoms with Gasteiger partial charge in [-0.05, 0) is 42.5 Å². The van der Waals surface area contributed by atoms with Crippen molar-refractivity contribution in [1.82, 2.24) is 24.5 Å². The number of benzene rings is 3. The Balaban J connectivity index is 1.66. The third-order valence-corrected chi connectivity index (χ3v) is 6.21. The van der Waals surface area contributed by atoms with Crippen molar-refractivity contribution in [2.75, 3.05) is 7.11 Å². The smallest absolute Gasteiger partial charge is 0.278 e. The molecule has 0 aliphatic rings. The van der Waals surface area contributed by atoms with Gasteiger partial charge >= 0.3 is 0 Å². The minimum Gasteiger partial charge on any atom is -0.495 e. The Morgan fingerprint density at radius 3 is 2.55 bits per heavy atom. The standard InChI is InChI=1S/C23H16ClN5O3S/c1-32-20-9-5-4-8-19(20)29-22(31)16-11-10-14(24)12-18(16)25-23(29)33-13-28-21(30)15-6-2-3-7-17(15)26-27-28/h2-12H,13H2,1H3. The highest BCUT2D eigenvalue weighted by molar-refractivity contribution is 7.98. The van der Waals surface area contributed by atoms with Gasteiger partial charge in [0.15, 0.2) is 5.16 Å². The lowest BCUT2D eigenvalue weighted by molar-refractivity contribution is 0.411. The van der Waals surface area contributed by atoms with Gasteiger partial charge in [-0.15, -0.1) is 5.10 Å². The Hall–Kier alpha value is -3.69. The Morgan fingerprint density at radius 2 is 1.70 bits per heavy atom. The van der Waals surface area contributed by atoms with Crippen LogP contribution in [0.25, 0.3) is 27.5 Å². The monoisotopic (exact) mass is 477 g/mol. The third kappa shape index (κ3) is 3.85. The summed E-state index contributed by atoms with van der Waals surface area (Å²) in [6.45, 7) is 0. The molecule has 0 bridgehead atoms. The van der Waals surface area contributed by atoms with E-state index in [0.29, 0.717) is 43.4 Å². The number of nitrogens with zero attached hydrogens (tertiary/aromatic N) is 5. The van der Waals surface area contributed by atoms with Crippen molar-refractivity contribution in [3.8, 4) is 11.4 Å². The maximum Gasteiger partial charge on any atom is 0.278 e. The first-order valence-electron chi connectivity index (χ1n) is 9.88. The van der Waals surface area contributed by atoms with Crippen molar-refractivity contribution >= 4 is 45.2 Å². The molecule has 8 nitrogen and oxygen atoms in total. The molecule has 10 heteroatoms. The molecule has 0 saturated carbocycles. The van der Waals surface area contributed by atoms with Crippen molar-refractivity contribution < 1.29 is 4.74 Å².